The molecule has 5 heteroatoms. The van der Waals surface area contributed by atoms with Crippen LogP contribution in [-0.2, 0) is 22.9 Å². The van der Waals surface area contributed by atoms with Gasteiger partial charge in [0.05, 0.1) is 30.9 Å². The molecule has 1 aromatic heterocycles. The van der Waals surface area contributed by atoms with Gasteiger partial charge >= 0.3 is 0 Å². The zero-order valence-electron chi connectivity index (χ0n) is 13.1. The molecule has 0 amide bonds. The summed E-state index contributed by atoms with van der Waals surface area (Å²) in [6.07, 6.45) is 0.853. The molecule has 5 nitrogen and oxygen atoms in total. The van der Waals surface area contributed by atoms with Crippen LogP contribution >= 0.6 is 0 Å². The molecule has 0 radical (unpaired) electrons. The summed E-state index contributed by atoms with van der Waals surface area (Å²) in [6, 6.07) is 8.49. The van der Waals surface area contributed by atoms with E-state index in [0.29, 0.717) is 19.8 Å². The van der Waals surface area contributed by atoms with E-state index in [9.17, 15) is 0 Å². The fourth-order valence-electron chi connectivity index (χ4n) is 2.44. The number of aromatic nitrogens is 2. The van der Waals surface area contributed by atoms with Crippen LogP contribution in [-0.4, -0.2) is 49.1 Å². The number of benzene rings is 1. The first-order valence-electron chi connectivity index (χ1n) is 7.46. The van der Waals surface area contributed by atoms with Crippen molar-refractivity contribution in [1.82, 2.24) is 14.9 Å². The maximum Gasteiger partial charge on any atom is 0.111 e. The summed E-state index contributed by atoms with van der Waals surface area (Å²) in [4.78, 5) is 4.72. The van der Waals surface area contributed by atoms with Crippen molar-refractivity contribution >= 4 is 11.0 Å². The highest BCUT2D eigenvalue weighted by Gasteiger charge is 2.14. The molecule has 0 fully saturated rings. The van der Waals surface area contributed by atoms with Gasteiger partial charge in [-0.05, 0) is 18.7 Å². The average molecular weight is 291 g/mol. The monoisotopic (exact) mass is 291 g/mol. The number of likely N-dealkylation sites (N-methyl/N-ethyl adjacent to an activating group) is 1. The first-order chi connectivity index (χ1) is 10.3. The van der Waals surface area contributed by atoms with Gasteiger partial charge in [0.25, 0.3) is 0 Å². The predicted molar refractivity (Wildman–Crippen MR) is 84.6 cm³/mol. The maximum absolute atomic E-state index is 5.65. The van der Waals surface area contributed by atoms with Crippen molar-refractivity contribution in [3.05, 3.63) is 30.1 Å². The van der Waals surface area contributed by atoms with Gasteiger partial charge in [0.1, 0.15) is 5.82 Å². The van der Waals surface area contributed by atoms with E-state index in [1.54, 1.807) is 7.11 Å². The van der Waals surface area contributed by atoms with Crippen molar-refractivity contribution in [2.45, 2.75) is 19.4 Å². The topological polar surface area (TPSA) is 48.3 Å². The van der Waals surface area contributed by atoms with E-state index < -0.39 is 0 Å². The number of fused-ring (bicyclic) bond motifs is 1. The molecule has 2 aromatic rings. The highest BCUT2D eigenvalue weighted by atomic mass is 16.5. The first kappa shape index (κ1) is 15.9. The Morgan fingerprint density at radius 3 is 2.81 bits per heavy atom. The van der Waals surface area contributed by atoms with Crippen LogP contribution in [0, 0.1) is 0 Å². The van der Waals surface area contributed by atoms with Crippen molar-refractivity contribution in [3.8, 4) is 0 Å². The van der Waals surface area contributed by atoms with Crippen LogP contribution in [0.15, 0.2) is 24.3 Å². The molecule has 0 aliphatic rings. The standard InChI is InChI=1S/C16H25N3O2/c1-4-17-13(12-21-10-9-20-3)11-16-18-14-7-5-6-8-15(14)19(16)2/h5-8,13,17H,4,9-12H2,1-3H3. The molecule has 1 heterocycles. The molecule has 21 heavy (non-hydrogen) atoms. The quantitative estimate of drug-likeness (QED) is 0.715. The zero-order chi connectivity index (χ0) is 15.1. The third kappa shape index (κ3) is 4.27. The fraction of sp³-hybridized carbons (Fsp3) is 0.562. The molecular formula is C16H25N3O2. The van der Waals surface area contributed by atoms with Crippen LogP contribution in [0.4, 0.5) is 0 Å². The summed E-state index contributed by atoms with van der Waals surface area (Å²) in [5, 5.41) is 3.46. The Kier molecular flexibility index (Phi) is 6.17. The van der Waals surface area contributed by atoms with Crippen LogP contribution in [0.3, 0.4) is 0 Å². The lowest BCUT2D eigenvalue weighted by Gasteiger charge is -2.17. The number of nitrogens with one attached hydrogen (secondary N) is 1. The van der Waals surface area contributed by atoms with Gasteiger partial charge in [-0.1, -0.05) is 19.1 Å². The molecule has 1 N–H and O–H groups in total. The summed E-state index contributed by atoms with van der Waals surface area (Å²) >= 11 is 0. The Balaban J connectivity index is 2.02. The van der Waals surface area contributed by atoms with E-state index in [1.165, 1.54) is 5.52 Å². The van der Waals surface area contributed by atoms with Crippen LogP contribution in [0.1, 0.15) is 12.7 Å². The van der Waals surface area contributed by atoms with Crippen LogP contribution in [0.2, 0.25) is 0 Å². The van der Waals surface area contributed by atoms with E-state index in [2.05, 4.69) is 36.0 Å². The Bertz CT molecular complexity index is 553. The Morgan fingerprint density at radius 1 is 1.29 bits per heavy atom. The van der Waals surface area contributed by atoms with Gasteiger partial charge in [0.15, 0.2) is 0 Å². The molecule has 116 valence electrons. The van der Waals surface area contributed by atoms with E-state index in [0.717, 1.165) is 24.3 Å². The lowest BCUT2D eigenvalue weighted by molar-refractivity contribution is 0.0586. The zero-order valence-corrected chi connectivity index (χ0v) is 13.1. The molecule has 0 aliphatic carbocycles. The van der Waals surface area contributed by atoms with Gasteiger partial charge in [-0.3, -0.25) is 0 Å². The number of hydrogen-bond donors (Lipinski definition) is 1. The molecule has 2 rings (SSSR count). The highest BCUT2D eigenvalue weighted by molar-refractivity contribution is 5.75. The number of imidazole rings is 1. The Labute approximate surface area is 126 Å². The second-order valence-electron chi connectivity index (χ2n) is 5.10. The van der Waals surface area contributed by atoms with Gasteiger partial charge in [-0.15, -0.1) is 0 Å². The third-order valence-corrected chi connectivity index (χ3v) is 3.55. The van der Waals surface area contributed by atoms with Gasteiger partial charge in [-0.25, -0.2) is 4.98 Å². The number of para-hydroxylation sites is 2. The summed E-state index contributed by atoms with van der Waals surface area (Å²) in [5.41, 5.74) is 2.22. The summed E-state index contributed by atoms with van der Waals surface area (Å²) in [7, 11) is 3.75. The maximum atomic E-state index is 5.65. The molecule has 0 saturated carbocycles. The molecular weight excluding hydrogens is 266 g/mol. The van der Waals surface area contributed by atoms with Crippen molar-refractivity contribution in [2.75, 3.05) is 33.5 Å². The van der Waals surface area contributed by atoms with E-state index >= 15 is 0 Å². The average Bonchev–Trinajstić information content (AvgIpc) is 2.81. The first-order valence-corrected chi connectivity index (χ1v) is 7.46. The SMILES string of the molecule is CCNC(COCCOC)Cc1nc2ccccc2n1C. The second kappa shape index (κ2) is 8.12. The normalized spacial score (nSPS) is 12.9. The molecule has 0 spiro atoms. The minimum Gasteiger partial charge on any atom is -0.382 e. The second-order valence-corrected chi connectivity index (χ2v) is 5.10. The molecule has 0 bridgehead atoms. The van der Waals surface area contributed by atoms with Gasteiger partial charge in [-0.2, -0.15) is 0 Å². The van der Waals surface area contributed by atoms with Crippen LogP contribution in [0.5, 0.6) is 0 Å². The Morgan fingerprint density at radius 2 is 2.10 bits per heavy atom. The highest BCUT2D eigenvalue weighted by Crippen LogP contribution is 2.15. The van der Waals surface area contributed by atoms with Crippen LogP contribution < -0.4 is 5.32 Å². The number of rotatable bonds is 9. The van der Waals surface area contributed by atoms with Gasteiger partial charge in [0.2, 0.25) is 0 Å². The molecule has 1 atom stereocenters. The van der Waals surface area contributed by atoms with E-state index in [1.807, 2.05) is 12.1 Å². The van der Waals surface area contributed by atoms with Crippen molar-refractivity contribution in [2.24, 2.45) is 7.05 Å². The lowest BCUT2D eigenvalue weighted by atomic mass is 10.2. The minimum absolute atomic E-state index is 0.266. The lowest BCUT2D eigenvalue weighted by Crippen LogP contribution is -2.36. The third-order valence-electron chi connectivity index (χ3n) is 3.55. The summed E-state index contributed by atoms with van der Waals surface area (Å²) < 4.78 is 12.8. The minimum atomic E-state index is 0.266. The number of ether oxygens (including phenoxy) is 2. The number of aryl methyl sites for hydroxylation is 1. The van der Waals surface area contributed by atoms with Crippen LogP contribution in [0.25, 0.3) is 11.0 Å². The molecule has 0 saturated heterocycles. The number of hydrogen-bond acceptors (Lipinski definition) is 4. The Hall–Kier alpha value is -1.43. The number of methoxy groups -OCH3 is 1. The largest absolute Gasteiger partial charge is 0.382 e. The van der Waals surface area contributed by atoms with Crippen molar-refractivity contribution in [1.29, 1.82) is 0 Å². The van der Waals surface area contributed by atoms with Gasteiger partial charge in [0, 0.05) is 26.6 Å². The summed E-state index contributed by atoms with van der Waals surface area (Å²) in [6.45, 7) is 4.95. The number of nitrogens with zero attached hydrogens (tertiary/aromatic N) is 2. The molecule has 0 aliphatic heterocycles. The van der Waals surface area contributed by atoms with Gasteiger partial charge < -0.3 is 19.4 Å². The summed E-state index contributed by atoms with van der Waals surface area (Å²) in [5.74, 6) is 1.08. The molecule has 1 aromatic carbocycles. The van der Waals surface area contributed by atoms with Crippen molar-refractivity contribution < 1.29 is 9.47 Å². The smallest absolute Gasteiger partial charge is 0.111 e. The molecule has 1 unspecified atom stereocenters. The fourth-order valence-corrected chi connectivity index (χ4v) is 2.44. The van der Waals surface area contributed by atoms with E-state index in [-0.39, 0.29) is 6.04 Å². The van der Waals surface area contributed by atoms with E-state index in [4.69, 9.17) is 14.5 Å². The predicted octanol–water partition coefficient (Wildman–Crippen LogP) is 1.76. The van der Waals surface area contributed by atoms with Crippen molar-refractivity contribution in [3.63, 3.8) is 0 Å².